The van der Waals surface area contributed by atoms with E-state index in [1.165, 1.54) is 24.0 Å². The first-order chi connectivity index (χ1) is 9.24. The van der Waals surface area contributed by atoms with Gasteiger partial charge in [0.05, 0.1) is 0 Å². The third-order valence-electron chi connectivity index (χ3n) is 3.56. The van der Waals surface area contributed by atoms with Crippen molar-refractivity contribution in [3.63, 3.8) is 0 Å². The summed E-state index contributed by atoms with van der Waals surface area (Å²) in [6.07, 6.45) is 6.30. The number of aromatic nitrogens is 1. The number of hydrogen-bond donors (Lipinski definition) is 1. The van der Waals surface area contributed by atoms with Crippen LogP contribution in [0.15, 0.2) is 36.7 Å². The molecule has 3 rings (SSSR count). The summed E-state index contributed by atoms with van der Waals surface area (Å²) in [7, 11) is 0. The molecule has 0 radical (unpaired) electrons. The Morgan fingerprint density at radius 2 is 2.16 bits per heavy atom. The SMILES string of the molecule is Cc1ccncc1-c1ccc(CNC2CC2)c(Cl)c1. The number of benzene rings is 1. The number of halogens is 1. The van der Waals surface area contributed by atoms with E-state index in [0.29, 0.717) is 6.04 Å². The van der Waals surface area contributed by atoms with Crippen molar-refractivity contribution in [2.24, 2.45) is 0 Å². The number of hydrogen-bond acceptors (Lipinski definition) is 2. The third kappa shape index (κ3) is 2.96. The van der Waals surface area contributed by atoms with E-state index >= 15 is 0 Å². The van der Waals surface area contributed by atoms with Crippen LogP contribution < -0.4 is 5.32 Å². The van der Waals surface area contributed by atoms with Crippen LogP contribution in [0, 0.1) is 6.92 Å². The van der Waals surface area contributed by atoms with Gasteiger partial charge in [-0.05, 0) is 48.6 Å². The summed E-state index contributed by atoms with van der Waals surface area (Å²) >= 11 is 6.38. The summed E-state index contributed by atoms with van der Waals surface area (Å²) in [5.41, 5.74) is 4.66. The largest absolute Gasteiger partial charge is 0.310 e. The monoisotopic (exact) mass is 272 g/mol. The van der Waals surface area contributed by atoms with Gasteiger partial charge in [0.2, 0.25) is 0 Å². The molecule has 1 saturated carbocycles. The van der Waals surface area contributed by atoms with E-state index in [4.69, 9.17) is 11.6 Å². The summed E-state index contributed by atoms with van der Waals surface area (Å²) in [5.74, 6) is 0. The Balaban J connectivity index is 1.84. The summed E-state index contributed by atoms with van der Waals surface area (Å²) in [6.45, 7) is 2.95. The van der Waals surface area contributed by atoms with Crippen molar-refractivity contribution in [3.05, 3.63) is 52.8 Å². The predicted molar refractivity (Wildman–Crippen MR) is 79.3 cm³/mol. The van der Waals surface area contributed by atoms with Gasteiger partial charge in [0.1, 0.15) is 0 Å². The number of nitrogens with one attached hydrogen (secondary N) is 1. The molecule has 3 heteroatoms. The zero-order valence-electron chi connectivity index (χ0n) is 11.0. The predicted octanol–water partition coefficient (Wildman–Crippen LogP) is 3.96. The van der Waals surface area contributed by atoms with Gasteiger partial charge in [-0.3, -0.25) is 4.98 Å². The van der Waals surface area contributed by atoms with Crippen LogP contribution in [0.25, 0.3) is 11.1 Å². The van der Waals surface area contributed by atoms with Crippen LogP contribution in [0.1, 0.15) is 24.0 Å². The number of nitrogens with zero attached hydrogens (tertiary/aromatic N) is 1. The van der Waals surface area contributed by atoms with Gasteiger partial charge in [-0.25, -0.2) is 0 Å². The van der Waals surface area contributed by atoms with Crippen molar-refractivity contribution < 1.29 is 0 Å². The van der Waals surface area contributed by atoms with Crippen molar-refractivity contribution in [2.45, 2.75) is 32.4 Å². The quantitative estimate of drug-likeness (QED) is 0.911. The van der Waals surface area contributed by atoms with E-state index in [1.807, 2.05) is 24.5 Å². The lowest BCUT2D eigenvalue weighted by atomic mass is 10.0. The molecule has 0 spiro atoms. The minimum absolute atomic E-state index is 0.705. The molecule has 2 nitrogen and oxygen atoms in total. The summed E-state index contributed by atoms with van der Waals surface area (Å²) in [6, 6.07) is 9.00. The Kier molecular flexibility index (Phi) is 3.54. The number of pyridine rings is 1. The highest BCUT2D eigenvalue weighted by Crippen LogP contribution is 2.28. The third-order valence-corrected chi connectivity index (χ3v) is 3.91. The smallest absolute Gasteiger partial charge is 0.0457 e. The van der Waals surface area contributed by atoms with Crippen molar-refractivity contribution in [1.82, 2.24) is 10.3 Å². The zero-order chi connectivity index (χ0) is 13.2. The highest BCUT2D eigenvalue weighted by atomic mass is 35.5. The van der Waals surface area contributed by atoms with Gasteiger partial charge in [0.15, 0.2) is 0 Å². The molecular formula is C16H17ClN2. The minimum atomic E-state index is 0.705. The first kappa shape index (κ1) is 12.6. The lowest BCUT2D eigenvalue weighted by molar-refractivity contribution is 0.688. The van der Waals surface area contributed by atoms with Gasteiger partial charge in [-0.2, -0.15) is 0 Å². The van der Waals surface area contributed by atoms with Crippen LogP contribution in [-0.2, 0) is 6.54 Å². The molecule has 0 aliphatic heterocycles. The maximum Gasteiger partial charge on any atom is 0.0457 e. The average Bonchev–Trinajstić information content (AvgIpc) is 3.22. The van der Waals surface area contributed by atoms with Crippen LogP contribution >= 0.6 is 11.6 Å². The normalized spacial score (nSPS) is 14.6. The average molecular weight is 273 g/mol. The fraction of sp³-hybridized carbons (Fsp3) is 0.312. The molecule has 1 heterocycles. The van der Waals surface area contributed by atoms with E-state index in [9.17, 15) is 0 Å². The second kappa shape index (κ2) is 5.32. The molecule has 0 atom stereocenters. The van der Waals surface area contributed by atoms with Crippen molar-refractivity contribution in [1.29, 1.82) is 0 Å². The Bertz CT molecular complexity index is 591. The molecule has 0 amide bonds. The second-order valence-electron chi connectivity index (χ2n) is 5.15. The van der Waals surface area contributed by atoms with Crippen molar-refractivity contribution in [3.8, 4) is 11.1 Å². The van der Waals surface area contributed by atoms with Gasteiger partial charge < -0.3 is 5.32 Å². The fourth-order valence-electron chi connectivity index (χ4n) is 2.17. The van der Waals surface area contributed by atoms with Crippen LogP contribution in [0.4, 0.5) is 0 Å². The van der Waals surface area contributed by atoms with Crippen LogP contribution in [-0.4, -0.2) is 11.0 Å². The maximum atomic E-state index is 6.38. The molecule has 1 N–H and O–H groups in total. The first-order valence-corrected chi connectivity index (χ1v) is 7.04. The Labute approximate surface area is 118 Å². The van der Waals surface area contributed by atoms with Crippen molar-refractivity contribution in [2.75, 3.05) is 0 Å². The molecule has 19 heavy (non-hydrogen) atoms. The van der Waals surface area contributed by atoms with Crippen molar-refractivity contribution >= 4 is 11.6 Å². The Morgan fingerprint density at radius 3 is 2.84 bits per heavy atom. The number of rotatable bonds is 4. The highest BCUT2D eigenvalue weighted by molar-refractivity contribution is 6.31. The zero-order valence-corrected chi connectivity index (χ0v) is 11.7. The molecule has 1 aliphatic rings. The summed E-state index contributed by atoms with van der Waals surface area (Å²) in [5, 5.41) is 4.32. The molecule has 0 bridgehead atoms. The highest BCUT2D eigenvalue weighted by Gasteiger charge is 2.20. The van der Waals surface area contributed by atoms with Gasteiger partial charge in [0.25, 0.3) is 0 Å². The van der Waals surface area contributed by atoms with Gasteiger partial charge in [-0.1, -0.05) is 23.7 Å². The molecule has 1 aromatic carbocycles. The van der Waals surface area contributed by atoms with Gasteiger partial charge >= 0.3 is 0 Å². The Hall–Kier alpha value is -1.38. The lowest BCUT2D eigenvalue weighted by Crippen LogP contribution is -2.15. The second-order valence-corrected chi connectivity index (χ2v) is 5.56. The molecule has 98 valence electrons. The molecule has 1 aromatic heterocycles. The fourth-order valence-corrected chi connectivity index (χ4v) is 2.41. The molecule has 1 fully saturated rings. The van der Waals surface area contributed by atoms with E-state index in [1.54, 1.807) is 0 Å². The lowest BCUT2D eigenvalue weighted by Gasteiger charge is -2.09. The molecule has 1 aliphatic carbocycles. The van der Waals surface area contributed by atoms with E-state index in [2.05, 4.69) is 29.4 Å². The topological polar surface area (TPSA) is 24.9 Å². The van der Waals surface area contributed by atoms with Crippen LogP contribution in [0.5, 0.6) is 0 Å². The summed E-state index contributed by atoms with van der Waals surface area (Å²) < 4.78 is 0. The van der Waals surface area contributed by atoms with Gasteiger partial charge in [0, 0.05) is 35.6 Å². The van der Waals surface area contributed by atoms with E-state index < -0.39 is 0 Å². The van der Waals surface area contributed by atoms with Gasteiger partial charge in [-0.15, -0.1) is 0 Å². The molecular weight excluding hydrogens is 256 g/mol. The van der Waals surface area contributed by atoms with Crippen LogP contribution in [0.3, 0.4) is 0 Å². The summed E-state index contributed by atoms with van der Waals surface area (Å²) in [4.78, 5) is 4.19. The van der Waals surface area contributed by atoms with E-state index in [-0.39, 0.29) is 0 Å². The molecule has 2 aromatic rings. The van der Waals surface area contributed by atoms with Crippen LogP contribution in [0.2, 0.25) is 5.02 Å². The van der Waals surface area contributed by atoms with E-state index in [0.717, 1.165) is 22.7 Å². The maximum absolute atomic E-state index is 6.38. The standard InChI is InChI=1S/C16H17ClN2/c1-11-6-7-18-10-15(11)12-2-3-13(16(17)8-12)9-19-14-4-5-14/h2-3,6-8,10,14,19H,4-5,9H2,1H3. The first-order valence-electron chi connectivity index (χ1n) is 6.67. The minimum Gasteiger partial charge on any atom is -0.310 e. The Morgan fingerprint density at radius 1 is 1.32 bits per heavy atom. The number of aryl methyl sites for hydroxylation is 1. The molecule has 0 unspecified atom stereocenters. The molecule has 0 saturated heterocycles.